The van der Waals surface area contributed by atoms with Gasteiger partial charge in [-0.15, -0.1) is 0 Å². The molecule has 0 radical (unpaired) electrons. The Kier molecular flexibility index (Phi) is 4.90. The zero-order valence-corrected chi connectivity index (χ0v) is 15.6. The van der Waals surface area contributed by atoms with Crippen molar-refractivity contribution in [2.75, 3.05) is 12.4 Å². The van der Waals surface area contributed by atoms with Gasteiger partial charge in [0.15, 0.2) is 5.78 Å². The number of fused-ring (bicyclic) bond motifs is 1. The van der Waals surface area contributed by atoms with E-state index < -0.39 is 6.03 Å². The van der Waals surface area contributed by atoms with E-state index in [0.29, 0.717) is 11.3 Å². The van der Waals surface area contributed by atoms with Crippen molar-refractivity contribution in [1.82, 2.24) is 5.32 Å². The number of amides is 2. The van der Waals surface area contributed by atoms with Crippen molar-refractivity contribution in [2.24, 2.45) is 5.73 Å². The lowest BCUT2D eigenvalue weighted by Gasteiger charge is -2.35. The molecule has 6 nitrogen and oxygen atoms in total. The molecule has 2 aromatic rings. The monoisotopic (exact) mass is 365 g/mol. The number of methoxy groups -OCH3 is 1. The number of benzene rings is 2. The number of urea groups is 1. The SMILES string of the molecule is COc1ccc2c(c1)/C(=C/C(=O)c1ccc(NC(N)=O)cc1)NC(C)(C)C2. The molecule has 2 aromatic carbocycles. The Balaban J connectivity index is 1.93. The molecule has 0 unspecified atom stereocenters. The van der Waals surface area contributed by atoms with Crippen LogP contribution in [0.15, 0.2) is 48.5 Å². The Morgan fingerprint density at radius 1 is 1.19 bits per heavy atom. The molecule has 1 aliphatic rings. The second kappa shape index (κ2) is 7.15. The molecule has 6 heteroatoms. The summed E-state index contributed by atoms with van der Waals surface area (Å²) < 4.78 is 5.33. The summed E-state index contributed by atoms with van der Waals surface area (Å²) in [6.45, 7) is 4.20. The van der Waals surface area contributed by atoms with Crippen LogP contribution in [0.25, 0.3) is 5.70 Å². The van der Waals surface area contributed by atoms with E-state index in [1.54, 1.807) is 37.5 Å². The van der Waals surface area contributed by atoms with Gasteiger partial charge < -0.3 is 21.1 Å². The summed E-state index contributed by atoms with van der Waals surface area (Å²) in [7, 11) is 1.62. The van der Waals surface area contributed by atoms with Crippen LogP contribution in [0.3, 0.4) is 0 Å². The van der Waals surface area contributed by atoms with Crippen LogP contribution in [-0.4, -0.2) is 24.5 Å². The second-order valence-electron chi connectivity index (χ2n) is 7.20. The summed E-state index contributed by atoms with van der Waals surface area (Å²) in [5.74, 6) is 0.616. The maximum atomic E-state index is 12.8. The Morgan fingerprint density at radius 2 is 1.89 bits per heavy atom. The molecule has 0 fully saturated rings. The highest BCUT2D eigenvalue weighted by molar-refractivity contribution is 6.09. The molecule has 0 saturated heterocycles. The van der Waals surface area contributed by atoms with Crippen molar-refractivity contribution in [1.29, 1.82) is 0 Å². The molecule has 0 spiro atoms. The predicted octanol–water partition coefficient (Wildman–Crippen LogP) is 3.33. The number of allylic oxidation sites excluding steroid dienone is 1. The topological polar surface area (TPSA) is 93.4 Å². The third-order valence-corrected chi connectivity index (χ3v) is 4.43. The molecule has 3 rings (SSSR count). The van der Waals surface area contributed by atoms with E-state index in [0.717, 1.165) is 23.4 Å². The summed E-state index contributed by atoms with van der Waals surface area (Å²) in [6, 6.07) is 11.9. The van der Waals surface area contributed by atoms with Crippen molar-refractivity contribution in [3.8, 4) is 5.75 Å². The number of ether oxygens (including phenoxy) is 1. The van der Waals surface area contributed by atoms with Gasteiger partial charge in [0, 0.05) is 34.1 Å². The van der Waals surface area contributed by atoms with E-state index in [1.807, 2.05) is 18.2 Å². The highest BCUT2D eigenvalue weighted by Crippen LogP contribution is 2.32. The number of rotatable bonds is 4. The van der Waals surface area contributed by atoms with Crippen molar-refractivity contribution in [2.45, 2.75) is 25.8 Å². The number of hydrogen-bond donors (Lipinski definition) is 3. The van der Waals surface area contributed by atoms with E-state index in [-0.39, 0.29) is 11.3 Å². The molecule has 1 aliphatic heterocycles. The Hall–Kier alpha value is -3.28. The minimum atomic E-state index is -0.643. The molecule has 0 aromatic heterocycles. The van der Waals surface area contributed by atoms with Gasteiger partial charge in [-0.05, 0) is 62.2 Å². The minimum Gasteiger partial charge on any atom is -0.497 e. The molecule has 140 valence electrons. The number of hydrogen-bond acceptors (Lipinski definition) is 4. The quantitative estimate of drug-likeness (QED) is 0.572. The highest BCUT2D eigenvalue weighted by atomic mass is 16.5. The van der Waals surface area contributed by atoms with Gasteiger partial charge in [-0.3, -0.25) is 4.79 Å². The third-order valence-electron chi connectivity index (χ3n) is 4.43. The van der Waals surface area contributed by atoms with Crippen molar-refractivity contribution >= 4 is 23.2 Å². The zero-order chi connectivity index (χ0) is 19.6. The molecule has 0 bridgehead atoms. The van der Waals surface area contributed by atoms with Crippen LogP contribution < -0.4 is 21.1 Å². The smallest absolute Gasteiger partial charge is 0.316 e. The van der Waals surface area contributed by atoms with Gasteiger partial charge in [-0.1, -0.05) is 6.07 Å². The highest BCUT2D eigenvalue weighted by Gasteiger charge is 2.28. The predicted molar refractivity (Wildman–Crippen MR) is 106 cm³/mol. The lowest BCUT2D eigenvalue weighted by molar-refractivity contribution is 0.104. The van der Waals surface area contributed by atoms with Crippen LogP contribution in [-0.2, 0) is 6.42 Å². The number of carbonyl (C=O) groups excluding carboxylic acids is 2. The van der Waals surface area contributed by atoms with E-state index in [1.165, 1.54) is 5.56 Å². The van der Waals surface area contributed by atoms with Gasteiger partial charge in [0.25, 0.3) is 0 Å². The molecular weight excluding hydrogens is 342 g/mol. The van der Waals surface area contributed by atoms with Gasteiger partial charge in [0.1, 0.15) is 5.75 Å². The van der Waals surface area contributed by atoms with Gasteiger partial charge in [-0.2, -0.15) is 0 Å². The molecule has 0 saturated carbocycles. The largest absolute Gasteiger partial charge is 0.497 e. The lowest BCUT2D eigenvalue weighted by Crippen LogP contribution is -2.43. The Bertz CT molecular complexity index is 915. The van der Waals surface area contributed by atoms with Crippen LogP contribution in [0.2, 0.25) is 0 Å². The maximum Gasteiger partial charge on any atom is 0.316 e. The summed E-state index contributed by atoms with van der Waals surface area (Å²) in [5.41, 5.74) is 8.89. The van der Waals surface area contributed by atoms with Crippen molar-refractivity contribution < 1.29 is 14.3 Å². The van der Waals surface area contributed by atoms with Gasteiger partial charge >= 0.3 is 6.03 Å². The normalized spacial score (nSPS) is 16.2. The van der Waals surface area contributed by atoms with Gasteiger partial charge in [-0.25, -0.2) is 4.79 Å². The van der Waals surface area contributed by atoms with Crippen LogP contribution in [0, 0.1) is 0 Å². The Labute approximate surface area is 158 Å². The number of carbonyl (C=O) groups is 2. The molecule has 0 atom stereocenters. The first-order chi connectivity index (χ1) is 12.8. The summed E-state index contributed by atoms with van der Waals surface area (Å²) in [5, 5.41) is 5.92. The zero-order valence-electron chi connectivity index (χ0n) is 15.6. The van der Waals surface area contributed by atoms with E-state index in [9.17, 15) is 9.59 Å². The second-order valence-corrected chi connectivity index (χ2v) is 7.20. The van der Waals surface area contributed by atoms with Gasteiger partial charge in [0.05, 0.1) is 7.11 Å². The third kappa shape index (κ3) is 4.28. The Morgan fingerprint density at radius 3 is 2.52 bits per heavy atom. The molecule has 27 heavy (non-hydrogen) atoms. The average molecular weight is 365 g/mol. The van der Waals surface area contributed by atoms with E-state index in [2.05, 4.69) is 24.5 Å². The molecule has 2 amide bonds. The maximum absolute atomic E-state index is 12.8. The van der Waals surface area contributed by atoms with E-state index >= 15 is 0 Å². The number of nitrogens with one attached hydrogen (secondary N) is 2. The van der Waals surface area contributed by atoms with Crippen LogP contribution in [0.1, 0.15) is 35.3 Å². The number of ketones is 1. The van der Waals surface area contributed by atoms with Crippen LogP contribution in [0.5, 0.6) is 5.75 Å². The molecular formula is C21H23N3O3. The fourth-order valence-corrected chi connectivity index (χ4v) is 3.23. The first kappa shape index (κ1) is 18.5. The minimum absolute atomic E-state index is 0.130. The summed E-state index contributed by atoms with van der Waals surface area (Å²) >= 11 is 0. The summed E-state index contributed by atoms with van der Waals surface area (Å²) in [6.07, 6.45) is 2.46. The van der Waals surface area contributed by atoms with Gasteiger partial charge in [0.2, 0.25) is 0 Å². The fraction of sp³-hybridized carbons (Fsp3) is 0.238. The first-order valence-electron chi connectivity index (χ1n) is 8.65. The fourth-order valence-electron chi connectivity index (χ4n) is 3.23. The van der Waals surface area contributed by atoms with Crippen LogP contribution >= 0.6 is 0 Å². The lowest BCUT2D eigenvalue weighted by atomic mass is 9.85. The average Bonchev–Trinajstić information content (AvgIpc) is 2.60. The first-order valence-corrected chi connectivity index (χ1v) is 8.65. The van der Waals surface area contributed by atoms with Crippen molar-refractivity contribution in [3.05, 3.63) is 65.2 Å². The standard InChI is InChI=1S/C21H23N3O3/c1-21(2)12-14-6-9-16(27-3)10-17(14)18(24-21)11-19(25)13-4-7-15(8-5-13)23-20(22)26/h4-11,24H,12H2,1-3H3,(H3,22,23,26)/b18-11-. The van der Waals surface area contributed by atoms with Crippen molar-refractivity contribution in [3.63, 3.8) is 0 Å². The molecule has 0 aliphatic carbocycles. The summed E-state index contributed by atoms with van der Waals surface area (Å²) in [4.78, 5) is 23.7. The number of nitrogens with two attached hydrogens (primary N) is 1. The van der Waals surface area contributed by atoms with E-state index in [4.69, 9.17) is 10.5 Å². The molecule has 4 N–H and O–H groups in total. The molecule has 1 heterocycles. The number of primary amides is 1. The number of anilines is 1. The van der Waals surface area contributed by atoms with Crippen LogP contribution in [0.4, 0.5) is 10.5 Å².